The molecule has 0 aliphatic heterocycles. The largest absolute Gasteiger partial charge is 0.481 e. The molecule has 1 unspecified atom stereocenters. The average molecular weight is 297 g/mol. The zero-order valence-electron chi connectivity index (χ0n) is 13.9. The highest BCUT2D eigenvalue weighted by Gasteiger charge is 2.17. The maximum absolute atomic E-state index is 12.4. The number of carbonyl (C=O) groups excluding carboxylic acids is 1. The summed E-state index contributed by atoms with van der Waals surface area (Å²) in [5.41, 5.74) is 5.18. The lowest BCUT2D eigenvalue weighted by Crippen LogP contribution is -2.30. The van der Waals surface area contributed by atoms with Gasteiger partial charge in [-0.1, -0.05) is 30.3 Å². The van der Waals surface area contributed by atoms with Gasteiger partial charge in [0.1, 0.15) is 5.75 Å². The van der Waals surface area contributed by atoms with Crippen molar-refractivity contribution in [3.8, 4) is 5.75 Å². The van der Waals surface area contributed by atoms with Gasteiger partial charge >= 0.3 is 0 Å². The van der Waals surface area contributed by atoms with Crippen molar-refractivity contribution in [2.45, 2.75) is 40.7 Å². The molecule has 0 aromatic heterocycles. The summed E-state index contributed by atoms with van der Waals surface area (Å²) in [6.07, 6.45) is -0.556. The molecule has 0 heterocycles. The van der Waals surface area contributed by atoms with Gasteiger partial charge in [0.25, 0.3) is 5.91 Å². The maximum atomic E-state index is 12.4. The number of amides is 1. The van der Waals surface area contributed by atoms with Crippen molar-refractivity contribution in [3.63, 3.8) is 0 Å². The number of rotatable bonds is 4. The SMILES string of the molecule is Cc1cccc(OC(C)C(=O)Nc2c(C)cccc2C)c1C. The highest BCUT2D eigenvalue weighted by Crippen LogP contribution is 2.23. The van der Waals surface area contributed by atoms with Crippen molar-refractivity contribution in [1.82, 2.24) is 0 Å². The lowest BCUT2D eigenvalue weighted by molar-refractivity contribution is -0.122. The lowest BCUT2D eigenvalue weighted by atomic mass is 10.1. The third-order valence-corrected chi connectivity index (χ3v) is 3.96. The number of hydrogen-bond acceptors (Lipinski definition) is 2. The topological polar surface area (TPSA) is 38.3 Å². The number of anilines is 1. The molecule has 2 aromatic rings. The molecule has 116 valence electrons. The van der Waals surface area contributed by atoms with Gasteiger partial charge in [-0.25, -0.2) is 0 Å². The van der Waals surface area contributed by atoms with E-state index in [2.05, 4.69) is 5.32 Å². The molecule has 0 spiro atoms. The minimum absolute atomic E-state index is 0.140. The van der Waals surface area contributed by atoms with Crippen molar-refractivity contribution in [1.29, 1.82) is 0 Å². The Morgan fingerprint density at radius 2 is 1.50 bits per heavy atom. The standard InChI is InChI=1S/C19H23NO2/c1-12-8-7-11-17(15(12)4)22-16(5)19(21)20-18-13(2)9-6-10-14(18)3/h6-11,16H,1-5H3,(H,20,21). The van der Waals surface area contributed by atoms with E-state index in [1.807, 2.05) is 64.1 Å². The van der Waals surface area contributed by atoms with Gasteiger partial charge in [0.15, 0.2) is 6.10 Å². The smallest absolute Gasteiger partial charge is 0.265 e. The zero-order valence-corrected chi connectivity index (χ0v) is 13.9. The predicted octanol–water partition coefficient (Wildman–Crippen LogP) is 4.33. The molecule has 1 N–H and O–H groups in total. The van der Waals surface area contributed by atoms with E-state index < -0.39 is 6.10 Å². The minimum Gasteiger partial charge on any atom is -0.481 e. The van der Waals surface area contributed by atoms with E-state index in [-0.39, 0.29) is 5.91 Å². The summed E-state index contributed by atoms with van der Waals surface area (Å²) in [6.45, 7) is 9.77. The van der Waals surface area contributed by atoms with Crippen LogP contribution in [0.15, 0.2) is 36.4 Å². The Labute approximate surface area is 132 Å². The highest BCUT2D eigenvalue weighted by molar-refractivity contribution is 5.95. The molecule has 0 saturated carbocycles. The molecule has 2 aromatic carbocycles. The third-order valence-electron chi connectivity index (χ3n) is 3.96. The first kappa shape index (κ1) is 16.1. The molecule has 3 nitrogen and oxygen atoms in total. The van der Waals surface area contributed by atoms with Gasteiger partial charge in [-0.3, -0.25) is 4.79 Å². The molecule has 0 saturated heterocycles. The fourth-order valence-corrected chi connectivity index (χ4v) is 2.33. The molecule has 3 heteroatoms. The molecule has 0 fully saturated rings. The summed E-state index contributed by atoms with van der Waals surface area (Å²) in [7, 11) is 0. The summed E-state index contributed by atoms with van der Waals surface area (Å²) in [4.78, 5) is 12.4. The van der Waals surface area contributed by atoms with Crippen LogP contribution in [0.3, 0.4) is 0 Å². The summed E-state index contributed by atoms with van der Waals surface area (Å²) in [5, 5.41) is 2.97. The summed E-state index contributed by atoms with van der Waals surface area (Å²) in [6, 6.07) is 11.8. The summed E-state index contributed by atoms with van der Waals surface area (Å²) >= 11 is 0. The monoisotopic (exact) mass is 297 g/mol. The first-order chi connectivity index (χ1) is 10.4. The van der Waals surface area contributed by atoms with Crippen LogP contribution in [-0.2, 0) is 4.79 Å². The van der Waals surface area contributed by atoms with Gasteiger partial charge in [-0.15, -0.1) is 0 Å². The third kappa shape index (κ3) is 3.48. The molecule has 0 aliphatic rings. The van der Waals surface area contributed by atoms with E-state index in [4.69, 9.17) is 4.74 Å². The van der Waals surface area contributed by atoms with Gasteiger partial charge in [0, 0.05) is 5.69 Å². The number of carbonyl (C=O) groups is 1. The van der Waals surface area contributed by atoms with E-state index in [9.17, 15) is 4.79 Å². The number of aryl methyl sites for hydroxylation is 3. The predicted molar refractivity (Wildman–Crippen MR) is 90.6 cm³/mol. The first-order valence-electron chi connectivity index (χ1n) is 7.50. The van der Waals surface area contributed by atoms with Crippen LogP contribution in [0.5, 0.6) is 5.75 Å². The van der Waals surface area contributed by atoms with Crippen LogP contribution in [0, 0.1) is 27.7 Å². The van der Waals surface area contributed by atoms with Crippen molar-refractivity contribution < 1.29 is 9.53 Å². The second kappa shape index (κ2) is 6.65. The van der Waals surface area contributed by atoms with Crippen molar-refractivity contribution >= 4 is 11.6 Å². The average Bonchev–Trinajstić information content (AvgIpc) is 2.47. The number of benzene rings is 2. The van der Waals surface area contributed by atoms with Crippen LogP contribution < -0.4 is 10.1 Å². The van der Waals surface area contributed by atoms with E-state index >= 15 is 0 Å². The Morgan fingerprint density at radius 1 is 0.955 bits per heavy atom. The quantitative estimate of drug-likeness (QED) is 0.912. The number of para-hydroxylation sites is 1. The van der Waals surface area contributed by atoms with Crippen molar-refractivity contribution in [2.75, 3.05) is 5.32 Å². The summed E-state index contributed by atoms with van der Waals surface area (Å²) < 4.78 is 5.83. The lowest BCUT2D eigenvalue weighted by Gasteiger charge is -2.18. The van der Waals surface area contributed by atoms with Gasteiger partial charge in [-0.2, -0.15) is 0 Å². The van der Waals surface area contributed by atoms with Gasteiger partial charge in [0.2, 0.25) is 0 Å². The van der Waals surface area contributed by atoms with Crippen LogP contribution in [0.4, 0.5) is 5.69 Å². The Hall–Kier alpha value is -2.29. The maximum Gasteiger partial charge on any atom is 0.265 e. The minimum atomic E-state index is -0.556. The summed E-state index contributed by atoms with van der Waals surface area (Å²) in [5.74, 6) is 0.613. The van der Waals surface area contributed by atoms with Crippen molar-refractivity contribution in [2.24, 2.45) is 0 Å². The van der Waals surface area contributed by atoms with E-state index in [1.54, 1.807) is 6.92 Å². The Morgan fingerprint density at radius 3 is 2.14 bits per heavy atom. The molecule has 0 aliphatic carbocycles. The molecule has 22 heavy (non-hydrogen) atoms. The van der Waals surface area contributed by atoms with Crippen LogP contribution in [0.25, 0.3) is 0 Å². The van der Waals surface area contributed by atoms with Crippen molar-refractivity contribution in [3.05, 3.63) is 58.7 Å². The zero-order chi connectivity index (χ0) is 16.3. The van der Waals surface area contributed by atoms with Crippen LogP contribution in [0.1, 0.15) is 29.2 Å². The number of nitrogens with one attached hydrogen (secondary N) is 1. The number of hydrogen-bond donors (Lipinski definition) is 1. The van der Waals surface area contributed by atoms with E-state index in [1.165, 1.54) is 0 Å². The fourth-order valence-electron chi connectivity index (χ4n) is 2.33. The van der Waals surface area contributed by atoms with E-state index in [0.29, 0.717) is 0 Å². The van der Waals surface area contributed by atoms with Gasteiger partial charge in [-0.05, 0) is 62.9 Å². The van der Waals surface area contributed by atoms with Gasteiger partial charge < -0.3 is 10.1 Å². The molecular formula is C19H23NO2. The molecule has 1 amide bonds. The Bertz CT molecular complexity index is 672. The highest BCUT2D eigenvalue weighted by atomic mass is 16.5. The normalized spacial score (nSPS) is 11.9. The second-order valence-electron chi connectivity index (χ2n) is 5.71. The van der Waals surface area contributed by atoms with Crippen LogP contribution >= 0.6 is 0 Å². The van der Waals surface area contributed by atoms with Crippen LogP contribution in [0.2, 0.25) is 0 Å². The number of ether oxygens (including phenoxy) is 1. The Balaban J connectivity index is 2.11. The molecule has 1 atom stereocenters. The fraction of sp³-hybridized carbons (Fsp3) is 0.316. The molecule has 2 rings (SSSR count). The van der Waals surface area contributed by atoms with E-state index in [0.717, 1.165) is 33.7 Å². The molecule has 0 radical (unpaired) electrons. The Kier molecular flexibility index (Phi) is 4.86. The van der Waals surface area contributed by atoms with Crippen LogP contribution in [-0.4, -0.2) is 12.0 Å². The first-order valence-corrected chi connectivity index (χ1v) is 7.50. The van der Waals surface area contributed by atoms with Gasteiger partial charge in [0.05, 0.1) is 0 Å². The molecule has 0 bridgehead atoms. The second-order valence-corrected chi connectivity index (χ2v) is 5.71. The molecular weight excluding hydrogens is 274 g/mol.